The monoisotopic (exact) mass is 569 g/mol. The van der Waals surface area contributed by atoms with Gasteiger partial charge in [-0.05, 0) is 78.3 Å². The first-order chi connectivity index (χ1) is 21.2. The molecule has 1 aliphatic carbocycles. The van der Waals surface area contributed by atoms with E-state index in [1.807, 2.05) is 60.7 Å². The van der Waals surface area contributed by atoms with Crippen molar-refractivity contribution in [2.24, 2.45) is 26.9 Å². The van der Waals surface area contributed by atoms with Crippen LogP contribution in [0.15, 0.2) is 124 Å². The molecule has 0 spiro atoms. The van der Waals surface area contributed by atoms with Crippen molar-refractivity contribution in [2.45, 2.75) is 38.4 Å². The molecule has 7 rings (SSSR count). The number of amidine groups is 1. The van der Waals surface area contributed by atoms with E-state index < -0.39 is 0 Å². The highest BCUT2D eigenvalue weighted by Gasteiger charge is 2.47. The Hall–Kier alpha value is -4.91. The van der Waals surface area contributed by atoms with Gasteiger partial charge in [0.25, 0.3) is 0 Å². The van der Waals surface area contributed by atoms with E-state index in [0.29, 0.717) is 25.0 Å². The highest BCUT2D eigenvalue weighted by atomic mass is 16.5. The maximum absolute atomic E-state index is 5.96. The van der Waals surface area contributed by atoms with Gasteiger partial charge in [-0.25, -0.2) is 10.0 Å². The van der Waals surface area contributed by atoms with Crippen molar-refractivity contribution in [3.63, 3.8) is 0 Å². The van der Waals surface area contributed by atoms with Gasteiger partial charge in [0.1, 0.15) is 23.1 Å². The predicted molar refractivity (Wildman–Crippen MR) is 171 cm³/mol. The van der Waals surface area contributed by atoms with Crippen LogP contribution in [-0.2, 0) is 19.5 Å². The van der Waals surface area contributed by atoms with Crippen LogP contribution in [0.3, 0.4) is 0 Å². The van der Waals surface area contributed by atoms with Gasteiger partial charge in [0.15, 0.2) is 0 Å². The summed E-state index contributed by atoms with van der Waals surface area (Å²) in [4.78, 5) is 10.3. The number of methoxy groups -OCH3 is 1. The molecule has 4 aromatic carbocycles. The molecule has 0 amide bonds. The molecule has 1 fully saturated rings. The zero-order valence-corrected chi connectivity index (χ0v) is 24.3. The molecule has 216 valence electrons. The number of ether oxygens (including phenoxy) is 2. The molecular formula is C36H35N5O2. The molecule has 0 saturated heterocycles. The van der Waals surface area contributed by atoms with Crippen molar-refractivity contribution in [3.8, 4) is 17.2 Å². The summed E-state index contributed by atoms with van der Waals surface area (Å²) in [7, 11) is 1.71. The molecule has 0 aromatic heterocycles. The van der Waals surface area contributed by atoms with Crippen LogP contribution in [0, 0.1) is 11.8 Å². The third-order valence-electron chi connectivity index (χ3n) is 8.42. The minimum atomic E-state index is 0.0898. The summed E-state index contributed by atoms with van der Waals surface area (Å²) in [5.41, 5.74) is 4.86. The van der Waals surface area contributed by atoms with Crippen molar-refractivity contribution in [1.82, 2.24) is 10.3 Å². The number of para-hydroxylation sites is 1. The minimum absolute atomic E-state index is 0.0898. The second-order valence-electron chi connectivity index (χ2n) is 11.3. The number of nitrogens with one attached hydrogen (secondary N) is 1. The Kier molecular flexibility index (Phi) is 7.61. The third kappa shape index (κ3) is 6.02. The Morgan fingerprint density at radius 2 is 1.44 bits per heavy atom. The molecule has 0 bridgehead atoms. The number of rotatable bonds is 9. The lowest BCUT2D eigenvalue weighted by atomic mass is 9.73. The van der Waals surface area contributed by atoms with Gasteiger partial charge in [0.05, 0.1) is 31.3 Å². The molecule has 4 aromatic rings. The molecule has 1 N–H and O–H groups in total. The van der Waals surface area contributed by atoms with E-state index in [2.05, 4.69) is 58.9 Å². The molecule has 0 radical (unpaired) electrons. The first-order valence-corrected chi connectivity index (χ1v) is 15.0. The summed E-state index contributed by atoms with van der Waals surface area (Å²) >= 11 is 0. The van der Waals surface area contributed by atoms with E-state index in [9.17, 15) is 0 Å². The summed E-state index contributed by atoms with van der Waals surface area (Å²) < 4.78 is 11.3. The lowest BCUT2D eigenvalue weighted by Crippen LogP contribution is -2.47. The van der Waals surface area contributed by atoms with E-state index >= 15 is 0 Å². The largest absolute Gasteiger partial charge is 0.497 e. The first kappa shape index (κ1) is 27.0. The van der Waals surface area contributed by atoms with Gasteiger partial charge in [-0.15, -0.1) is 0 Å². The number of nitrogens with zero attached hydrogens (tertiary/aromatic N) is 4. The predicted octanol–water partition coefficient (Wildman–Crippen LogP) is 6.85. The standard InChI is InChI=1S/C36H35N5O2/c1-42-29-17-12-25(13-18-29)22-28-16-21-32-33-34(28)38-36(39-35(33)41(40-32)24-27-8-4-2-5-9-27)37-23-26-14-19-31(20-15-26)43-30-10-6-3-7-11-30/h2-15,17-20,28,33-34H,16,21-24H2,1H3,(H,37,38). The number of hydrogen-bond acceptors (Lipinski definition) is 7. The third-order valence-corrected chi connectivity index (χ3v) is 8.42. The van der Waals surface area contributed by atoms with Crippen LogP contribution in [0.1, 0.15) is 29.5 Å². The smallest absolute Gasteiger partial charge is 0.220 e. The van der Waals surface area contributed by atoms with E-state index in [-0.39, 0.29) is 12.0 Å². The SMILES string of the molecule is COc1ccc(CC2CCC3=NN(Cc4ccccc4)C4=NC(NCc5ccc(Oc6ccccc6)cc5)=NC2C34)cc1. The number of benzene rings is 4. The fraction of sp³-hybridized carbons (Fsp3) is 0.250. The molecule has 3 aliphatic rings. The van der Waals surface area contributed by atoms with E-state index in [1.165, 1.54) is 16.8 Å². The Balaban J connectivity index is 1.11. The molecule has 2 heterocycles. The molecule has 3 unspecified atom stereocenters. The van der Waals surface area contributed by atoms with Crippen LogP contribution >= 0.6 is 0 Å². The average Bonchev–Trinajstić information content (AvgIpc) is 3.41. The lowest BCUT2D eigenvalue weighted by Gasteiger charge is -2.37. The molecule has 7 heteroatoms. The van der Waals surface area contributed by atoms with Crippen molar-refractivity contribution >= 4 is 17.5 Å². The van der Waals surface area contributed by atoms with Crippen LogP contribution < -0.4 is 14.8 Å². The van der Waals surface area contributed by atoms with Crippen molar-refractivity contribution in [2.75, 3.05) is 7.11 Å². The van der Waals surface area contributed by atoms with Gasteiger partial charge in [0.2, 0.25) is 5.96 Å². The van der Waals surface area contributed by atoms with Crippen LogP contribution in [-0.4, -0.2) is 35.7 Å². The second kappa shape index (κ2) is 12.1. The maximum Gasteiger partial charge on any atom is 0.220 e. The minimum Gasteiger partial charge on any atom is -0.497 e. The topological polar surface area (TPSA) is 70.8 Å². The molecule has 1 saturated carbocycles. The number of guanidine groups is 1. The number of hydrazone groups is 1. The Morgan fingerprint density at radius 3 is 2.19 bits per heavy atom. The Labute approximate surface area is 252 Å². The summed E-state index contributed by atoms with van der Waals surface area (Å²) in [6.07, 6.45) is 2.99. The van der Waals surface area contributed by atoms with Crippen molar-refractivity contribution < 1.29 is 9.47 Å². The summed E-state index contributed by atoms with van der Waals surface area (Å²) in [6.45, 7) is 1.32. The number of aliphatic imine (C=N–C) groups is 2. The normalized spacial score (nSPS) is 20.4. The quantitative estimate of drug-likeness (QED) is 0.239. The highest BCUT2D eigenvalue weighted by Crippen LogP contribution is 2.40. The Bertz CT molecular complexity index is 1630. The van der Waals surface area contributed by atoms with Crippen LogP contribution in [0.25, 0.3) is 0 Å². The second-order valence-corrected chi connectivity index (χ2v) is 11.3. The molecular weight excluding hydrogens is 534 g/mol. The first-order valence-electron chi connectivity index (χ1n) is 15.0. The fourth-order valence-corrected chi connectivity index (χ4v) is 6.22. The molecule has 2 aliphatic heterocycles. The summed E-state index contributed by atoms with van der Waals surface area (Å²) in [5.74, 6) is 4.72. The van der Waals surface area contributed by atoms with Crippen LogP contribution in [0.2, 0.25) is 0 Å². The zero-order chi connectivity index (χ0) is 29.0. The van der Waals surface area contributed by atoms with Gasteiger partial charge >= 0.3 is 0 Å². The summed E-state index contributed by atoms with van der Waals surface area (Å²) in [6, 6.07) is 37.0. The van der Waals surface area contributed by atoms with Crippen molar-refractivity contribution in [3.05, 3.63) is 126 Å². The van der Waals surface area contributed by atoms with E-state index in [1.54, 1.807) is 7.11 Å². The van der Waals surface area contributed by atoms with Gasteiger partial charge in [-0.2, -0.15) is 10.1 Å². The molecule has 7 nitrogen and oxygen atoms in total. The van der Waals surface area contributed by atoms with E-state index in [4.69, 9.17) is 24.6 Å². The average molecular weight is 570 g/mol. The van der Waals surface area contributed by atoms with E-state index in [0.717, 1.165) is 47.9 Å². The summed E-state index contributed by atoms with van der Waals surface area (Å²) in [5, 5.41) is 10.7. The molecule has 43 heavy (non-hydrogen) atoms. The number of hydrogen-bond donors (Lipinski definition) is 1. The van der Waals surface area contributed by atoms with Crippen LogP contribution in [0.5, 0.6) is 17.2 Å². The molecule has 3 atom stereocenters. The zero-order valence-electron chi connectivity index (χ0n) is 24.3. The van der Waals surface area contributed by atoms with Gasteiger partial charge in [0, 0.05) is 6.54 Å². The fourth-order valence-electron chi connectivity index (χ4n) is 6.22. The van der Waals surface area contributed by atoms with Gasteiger partial charge in [-0.3, -0.25) is 0 Å². The van der Waals surface area contributed by atoms with Crippen molar-refractivity contribution in [1.29, 1.82) is 0 Å². The lowest BCUT2D eigenvalue weighted by molar-refractivity contribution is 0.346. The van der Waals surface area contributed by atoms with Gasteiger partial charge < -0.3 is 14.8 Å². The maximum atomic E-state index is 5.96. The van der Waals surface area contributed by atoms with Gasteiger partial charge in [-0.1, -0.05) is 72.8 Å². The Morgan fingerprint density at radius 1 is 0.767 bits per heavy atom. The highest BCUT2D eigenvalue weighted by molar-refractivity contribution is 6.15. The van der Waals surface area contributed by atoms with Crippen LogP contribution in [0.4, 0.5) is 0 Å².